The number of hydrogen-bond donors (Lipinski definition) is 0. The zero-order chi connectivity index (χ0) is 12.8. The molecule has 0 amide bonds. The first kappa shape index (κ1) is 13.4. The second kappa shape index (κ2) is 6.15. The predicted octanol–water partition coefficient (Wildman–Crippen LogP) is 2.36. The average molecular weight is 256 g/mol. The Morgan fingerprint density at radius 2 is 1.53 bits per heavy atom. The summed E-state index contributed by atoms with van der Waals surface area (Å²) in [6.45, 7) is 3.76. The van der Waals surface area contributed by atoms with E-state index in [1.54, 1.807) is 13.8 Å². The number of hydrogen-bond acceptors (Lipinski definition) is 6. The number of esters is 2. The average Bonchev–Trinajstić information content (AvgIpc) is 2.29. The number of carbonyl (C=O) groups is 2. The Labute approximate surface area is 103 Å². The maximum Gasteiger partial charge on any atom is 0.374 e. The van der Waals surface area contributed by atoms with Crippen LogP contribution in [-0.4, -0.2) is 25.2 Å². The van der Waals surface area contributed by atoms with Crippen molar-refractivity contribution < 1.29 is 23.5 Å². The summed E-state index contributed by atoms with van der Waals surface area (Å²) in [6.07, 6.45) is 0. The maximum atomic E-state index is 11.4. The van der Waals surface area contributed by atoms with Gasteiger partial charge in [-0.25, -0.2) is 9.59 Å². The van der Waals surface area contributed by atoms with Crippen molar-refractivity contribution in [3.05, 3.63) is 28.2 Å². The summed E-state index contributed by atoms with van der Waals surface area (Å²) >= 11 is 4.92. The molecule has 0 radical (unpaired) electrons. The Hall–Kier alpha value is -1.69. The van der Waals surface area contributed by atoms with Crippen molar-refractivity contribution in [2.24, 2.45) is 0 Å². The third kappa shape index (κ3) is 3.67. The third-order valence-electron chi connectivity index (χ3n) is 1.72. The van der Waals surface area contributed by atoms with Crippen molar-refractivity contribution in [2.45, 2.75) is 13.8 Å². The molecule has 1 rings (SSSR count). The van der Waals surface area contributed by atoms with E-state index in [1.807, 2.05) is 0 Å². The van der Waals surface area contributed by atoms with Crippen LogP contribution in [0.4, 0.5) is 0 Å². The van der Waals surface area contributed by atoms with Crippen molar-refractivity contribution >= 4 is 24.2 Å². The van der Waals surface area contributed by atoms with Crippen LogP contribution in [0.15, 0.2) is 16.5 Å². The van der Waals surface area contributed by atoms with Crippen molar-refractivity contribution in [3.8, 4) is 0 Å². The Bertz CT molecular complexity index is 438. The Morgan fingerprint density at radius 3 is 1.88 bits per heavy atom. The number of ether oxygens (including phenoxy) is 2. The van der Waals surface area contributed by atoms with Gasteiger partial charge < -0.3 is 13.9 Å². The fourth-order valence-electron chi connectivity index (χ4n) is 1.08. The molecule has 1 aromatic heterocycles. The lowest BCUT2D eigenvalue weighted by Gasteiger charge is -2.04. The van der Waals surface area contributed by atoms with Gasteiger partial charge in [-0.3, -0.25) is 0 Å². The molecule has 1 aromatic rings. The van der Waals surface area contributed by atoms with Crippen LogP contribution in [0, 0.1) is 4.51 Å². The van der Waals surface area contributed by atoms with Crippen LogP contribution in [0.25, 0.3) is 0 Å². The van der Waals surface area contributed by atoms with E-state index in [-0.39, 0.29) is 24.7 Å². The highest BCUT2D eigenvalue weighted by Gasteiger charge is 2.15. The molecule has 1 heterocycles. The van der Waals surface area contributed by atoms with Gasteiger partial charge in [-0.15, -0.1) is 0 Å². The zero-order valence-electron chi connectivity index (χ0n) is 9.52. The summed E-state index contributed by atoms with van der Waals surface area (Å²) in [7, 11) is 0. The minimum Gasteiger partial charge on any atom is -0.460 e. The van der Waals surface area contributed by atoms with E-state index in [4.69, 9.17) is 26.1 Å². The zero-order valence-corrected chi connectivity index (χ0v) is 10.3. The Kier molecular flexibility index (Phi) is 4.84. The van der Waals surface area contributed by atoms with Crippen LogP contribution in [0.3, 0.4) is 0 Å². The molecule has 0 N–H and O–H groups in total. The first-order valence-corrected chi connectivity index (χ1v) is 5.48. The van der Waals surface area contributed by atoms with E-state index in [9.17, 15) is 9.59 Å². The van der Waals surface area contributed by atoms with E-state index in [1.165, 1.54) is 12.1 Å². The molecule has 0 aromatic carbocycles. The fraction of sp³-hybridized carbons (Fsp3) is 0.364. The molecule has 0 aliphatic carbocycles. The molecule has 0 bridgehead atoms. The van der Waals surface area contributed by atoms with Crippen LogP contribution in [0.5, 0.6) is 0 Å². The summed E-state index contributed by atoms with van der Waals surface area (Å²) < 4.78 is 14.9. The predicted molar refractivity (Wildman–Crippen MR) is 61.5 cm³/mol. The molecule has 6 heteroatoms. The largest absolute Gasteiger partial charge is 0.460 e. The SMILES string of the molecule is CCOC(=O)c1cc(=S)cc(C(=O)OCC)o1. The Morgan fingerprint density at radius 1 is 1.12 bits per heavy atom. The van der Waals surface area contributed by atoms with Gasteiger partial charge in [0.05, 0.1) is 13.2 Å². The second-order valence-corrected chi connectivity index (χ2v) is 3.43. The van der Waals surface area contributed by atoms with E-state index in [0.717, 1.165) is 0 Å². The summed E-state index contributed by atoms with van der Waals surface area (Å²) in [5.74, 6) is -1.54. The second-order valence-electron chi connectivity index (χ2n) is 2.96. The van der Waals surface area contributed by atoms with E-state index in [0.29, 0.717) is 4.51 Å². The van der Waals surface area contributed by atoms with Gasteiger partial charge in [0.25, 0.3) is 0 Å². The number of rotatable bonds is 4. The molecule has 0 saturated carbocycles. The third-order valence-corrected chi connectivity index (χ3v) is 1.96. The van der Waals surface area contributed by atoms with E-state index < -0.39 is 11.9 Å². The lowest BCUT2D eigenvalue weighted by molar-refractivity contribution is 0.0447. The van der Waals surface area contributed by atoms with Crippen LogP contribution < -0.4 is 0 Å². The van der Waals surface area contributed by atoms with Crippen LogP contribution in [0.1, 0.15) is 35.0 Å². The standard InChI is InChI=1S/C11H12O5S/c1-3-14-10(12)8-5-7(17)6-9(16-8)11(13)15-4-2/h5-6H,3-4H2,1-2H3. The van der Waals surface area contributed by atoms with Gasteiger partial charge in [0.1, 0.15) is 0 Å². The first-order chi connectivity index (χ1) is 8.08. The van der Waals surface area contributed by atoms with Crippen molar-refractivity contribution in [1.82, 2.24) is 0 Å². The lowest BCUT2D eigenvalue weighted by Crippen LogP contribution is -2.09. The summed E-state index contributed by atoms with van der Waals surface area (Å²) in [4.78, 5) is 22.8. The molecule has 92 valence electrons. The molecule has 5 nitrogen and oxygen atoms in total. The minimum absolute atomic E-state index is 0.109. The van der Waals surface area contributed by atoms with Gasteiger partial charge in [0.2, 0.25) is 11.5 Å². The number of carbonyl (C=O) groups excluding carboxylic acids is 2. The minimum atomic E-state index is -0.662. The van der Waals surface area contributed by atoms with Gasteiger partial charge in [-0.1, -0.05) is 12.2 Å². The molecule has 0 fully saturated rings. The van der Waals surface area contributed by atoms with Crippen molar-refractivity contribution in [1.29, 1.82) is 0 Å². The normalized spacial score (nSPS) is 9.76. The van der Waals surface area contributed by atoms with Gasteiger partial charge >= 0.3 is 11.9 Å². The molecule has 17 heavy (non-hydrogen) atoms. The fourth-order valence-corrected chi connectivity index (χ4v) is 1.30. The molecule has 0 aliphatic rings. The van der Waals surface area contributed by atoms with Gasteiger partial charge in [-0.05, 0) is 13.8 Å². The van der Waals surface area contributed by atoms with E-state index >= 15 is 0 Å². The molecule has 0 atom stereocenters. The van der Waals surface area contributed by atoms with Gasteiger partial charge in [0, 0.05) is 16.6 Å². The maximum absolute atomic E-state index is 11.4. The summed E-state index contributed by atoms with van der Waals surface area (Å²) in [5, 5.41) is 0. The smallest absolute Gasteiger partial charge is 0.374 e. The molecule has 0 spiro atoms. The molecular formula is C11H12O5S. The van der Waals surface area contributed by atoms with Gasteiger partial charge in [0.15, 0.2) is 0 Å². The molecular weight excluding hydrogens is 244 g/mol. The molecule has 0 aliphatic heterocycles. The molecule has 0 saturated heterocycles. The van der Waals surface area contributed by atoms with E-state index in [2.05, 4.69) is 0 Å². The van der Waals surface area contributed by atoms with Crippen LogP contribution in [0.2, 0.25) is 0 Å². The monoisotopic (exact) mass is 256 g/mol. The summed E-state index contributed by atoms with van der Waals surface area (Å²) in [6, 6.07) is 2.66. The topological polar surface area (TPSA) is 65.7 Å². The van der Waals surface area contributed by atoms with Crippen LogP contribution >= 0.6 is 12.2 Å². The Balaban J connectivity index is 3.06. The summed E-state index contributed by atoms with van der Waals surface area (Å²) in [5.41, 5.74) is 0. The van der Waals surface area contributed by atoms with Crippen molar-refractivity contribution in [2.75, 3.05) is 13.2 Å². The van der Waals surface area contributed by atoms with Gasteiger partial charge in [-0.2, -0.15) is 0 Å². The molecule has 0 unspecified atom stereocenters. The highest BCUT2D eigenvalue weighted by atomic mass is 32.1. The van der Waals surface area contributed by atoms with Crippen LogP contribution in [-0.2, 0) is 9.47 Å². The lowest BCUT2D eigenvalue weighted by atomic mass is 10.3. The van der Waals surface area contributed by atoms with Crippen molar-refractivity contribution in [3.63, 3.8) is 0 Å². The highest BCUT2D eigenvalue weighted by Crippen LogP contribution is 2.10. The first-order valence-electron chi connectivity index (χ1n) is 5.08. The highest BCUT2D eigenvalue weighted by molar-refractivity contribution is 7.71. The quantitative estimate of drug-likeness (QED) is 0.608.